The van der Waals surface area contributed by atoms with Gasteiger partial charge in [0.15, 0.2) is 0 Å². The van der Waals surface area contributed by atoms with Gasteiger partial charge < -0.3 is 10.4 Å². The standard InChI is InChI=1S/C14H25N3O4/c1-13(2,3)16(7-6-10(18)19)8-9-17-11(20)14(4,5)15-12(17)21/h6-9H2,1-5H3,(H,15,21)(H,18,19). The minimum Gasteiger partial charge on any atom is -0.481 e. The van der Waals surface area contributed by atoms with E-state index in [1.54, 1.807) is 13.8 Å². The van der Waals surface area contributed by atoms with Crippen molar-refractivity contribution in [1.29, 1.82) is 0 Å². The highest BCUT2D eigenvalue weighted by atomic mass is 16.4. The molecular formula is C14H25N3O4. The molecule has 7 heteroatoms. The third-order valence-corrected chi connectivity index (χ3v) is 3.58. The minimum atomic E-state index is -0.870. The van der Waals surface area contributed by atoms with Crippen molar-refractivity contribution in [3.8, 4) is 0 Å². The van der Waals surface area contributed by atoms with Crippen molar-refractivity contribution in [2.45, 2.75) is 52.1 Å². The second kappa shape index (κ2) is 6.01. The summed E-state index contributed by atoms with van der Waals surface area (Å²) in [4.78, 5) is 37.8. The zero-order chi connectivity index (χ0) is 16.4. The third-order valence-electron chi connectivity index (χ3n) is 3.58. The zero-order valence-electron chi connectivity index (χ0n) is 13.4. The van der Waals surface area contributed by atoms with Crippen molar-refractivity contribution >= 4 is 17.9 Å². The molecule has 0 saturated carbocycles. The summed E-state index contributed by atoms with van der Waals surface area (Å²) in [6.45, 7) is 10.3. The quantitative estimate of drug-likeness (QED) is 0.711. The van der Waals surface area contributed by atoms with E-state index in [1.807, 2.05) is 25.7 Å². The lowest BCUT2D eigenvalue weighted by atomic mass is 10.1. The second-order valence-electron chi connectivity index (χ2n) is 6.81. The van der Waals surface area contributed by atoms with Gasteiger partial charge in [0.1, 0.15) is 5.54 Å². The van der Waals surface area contributed by atoms with Crippen LogP contribution in [0.15, 0.2) is 0 Å². The first-order valence-electron chi connectivity index (χ1n) is 7.06. The highest BCUT2D eigenvalue weighted by Gasteiger charge is 2.44. The summed E-state index contributed by atoms with van der Waals surface area (Å²) in [6.07, 6.45) is 0.0307. The number of amides is 3. The largest absolute Gasteiger partial charge is 0.481 e. The molecule has 0 aliphatic carbocycles. The average Bonchev–Trinajstić information content (AvgIpc) is 2.48. The lowest BCUT2D eigenvalue weighted by Crippen LogP contribution is -2.48. The van der Waals surface area contributed by atoms with Crippen LogP contribution in [0.4, 0.5) is 4.79 Å². The molecule has 7 nitrogen and oxygen atoms in total. The van der Waals surface area contributed by atoms with Crippen molar-refractivity contribution in [3.05, 3.63) is 0 Å². The van der Waals surface area contributed by atoms with E-state index in [0.29, 0.717) is 13.1 Å². The van der Waals surface area contributed by atoms with Crippen LogP contribution >= 0.6 is 0 Å². The van der Waals surface area contributed by atoms with Gasteiger partial charge in [0.05, 0.1) is 6.42 Å². The maximum atomic E-state index is 12.1. The molecule has 1 heterocycles. The maximum absolute atomic E-state index is 12.1. The lowest BCUT2D eigenvalue weighted by molar-refractivity contribution is -0.138. The van der Waals surface area contributed by atoms with Gasteiger partial charge in [-0.3, -0.25) is 19.4 Å². The Kier molecular flexibility index (Phi) is 4.99. The number of carbonyl (C=O) groups is 3. The molecule has 0 aromatic carbocycles. The van der Waals surface area contributed by atoms with Crippen LogP contribution < -0.4 is 5.32 Å². The molecule has 3 amide bonds. The molecule has 1 fully saturated rings. The number of aliphatic carboxylic acids is 1. The van der Waals surface area contributed by atoms with E-state index in [4.69, 9.17) is 5.11 Å². The van der Waals surface area contributed by atoms with Crippen LogP contribution in [-0.2, 0) is 9.59 Å². The van der Waals surface area contributed by atoms with E-state index in [9.17, 15) is 14.4 Å². The van der Waals surface area contributed by atoms with Gasteiger partial charge in [0.25, 0.3) is 5.91 Å². The van der Waals surface area contributed by atoms with Crippen LogP contribution in [0.3, 0.4) is 0 Å². The number of rotatable bonds is 6. The van der Waals surface area contributed by atoms with Gasteiger partial charge in [0.2, 0.25) is 0 Å². The van der Waals surface area contributed by atoms with Crippen LogP contribution in [-0.4, -0.2) is 63.5 Å². The van der Waals surface area contributed by atoms with Crippen molar-refractivity contribution in [2.24, 2.45) is 0 Å². The Hall–Kier alpha value is -1.63. The summed E-state index contributed by atoms with van der Waals surface area (Å²) in [5.74, 6) is -1.11. The van der Waals surface area contributed by atoms with E-state index in [-0.39, 0.29) is 24.4 Å². The van der Waals surface area contributed by atoms with E-state index in [0.717, 1.165) is 0 Å². The number of nitrogens with one attached hydrogen (secondary N) is 1. The SMILES string of the molecule is CC1(C)NC(=O)N(CCN(CCC(=O)O)C(C)(C)C)C1=O. The number of hydrogen-bond acceptors (Lipinski definition) is 4. The van der Waals surface area contributed by atoms with E-state index < -0.39 is 17.5 Å². The number of nitrogens with zero attached hydrogens (tertiary/aromatic N) is 2. The van der Waals surface area contributed by atoms with E-state index >= 15 is 0 Å². The molecule has 0 aromatic heterocycles. The number of carbonyl (C=O) groups excluding carboxylic acids is 2. The van der Waals surface area contributed by atoms with Gasteiger partial charge in [-0.25, -0.2) is 4.79 Å². The number of carboxylic acids is 1. The predicted octanol–water partition coefficient (Wildman–Crippen LogP) is 0.892. The molecule has 0 atom stereocenters. The van der Waals surface area contributed by atoms with Crippen molar-refractivity contribution in [1.82, 2.24) is 15.1 Å². The lowest BCUT2D eigenvalue weighted by Gasteiger charge is -2.36. The summed E-state index contributed by atoms with van der Waals surface area (Å²) >= 11 is 0. The predicted molar refractivity (Wildman–Crippen MR) is 77.9 cm³/mol. The Balaban J connectivity index is 2.67. The van der Waals surface area contributed by atoms with Crippen LogP contribution in [0.5, 0.6) is 0 Å². The summed E-state index contributed by atoms with van der Waals surface area (Å²) in [6, 6.07) is -0.392. The zero-order valence-corrected chi connectivity index (χ0v) is 13.4. The second-order valence-corrected chi connectivity index (χ2v) is 6.81. The first kappa shape index (κ1) is 17.4. The molecule has 0 radical (unpaired) electrons. The van der Waals surface area contributed by atoms with Gasteiger partial charge >= 0.3 is 12.0 Å². The van der Waals surface area contributed by atoms with Gasteiger partial charge in [0, 0.05) is 25.2 Å². The Labute approximate surface area is 125 Å². The fourth-order valence-electron chi connectivity index (χ4n) is 2.25. The molecule has 0 unspecified atom stereocenters. The smallest absolute Gasteiger partial charge is 0.325 e. The fraction of sp³-hybridized carbons (Fsp3) is 0.786. The molecular weight excluding hydrogens is 274 g/mol. The third kappa shape index (κ3) is 4.42. The molecule has 2 N–H and O–H groups in total. The van der Waals surface area contributed by atoms with Crippen molar-refractivity contribution < 1.29 is 19.5 Å². The van der Waals surface area contributed by atoms with Gasteiger partial charge in [-0.05, 0) is 34.6 Å². The van der Waals surface area contributed by atoms with Crippen LogP contribution in [0.25, 0.3) is 0 Å². The van der Waals surface area contributed by atoms with E-state index in [1.165, 1.54) is 4.90 Å². The van der Waals surface area contributed by atoms with Crippen LogP contribution in [0.2, 0.25) is 0 Å². The molecule has 21 heavy (non-hydrogen) atoms. The first-order chi connectivity index (χ1) is 9.45. The van der Waals surface area contributed by atoms with E-state index in [2.05, 4.69) is 5.32 Å². The molecule has 1 rings (SSSR count). The van der Waals surface area contributed by atoms with Gasteiger partial charge in [-0.2, -0.15) is 0 Å². The molecule has 0 bridgehead atoms. The van der Waals surface area contributed by atoms with Crippen molar-refractivity contribution in [2.75, 3.05) is 19.6 Å². The Morgan fingerprint density at radius 3 is 2.24 bits per heavy atom. The highest BCUT2D eigenvalue weighted by Crippen LogP contribution is 2.18. The molecule has 0 aromatic rings. The number of carboxylic acid groups (broad SMARTS) is 1. The fourth-order valence-corrected chi connectivity index (χ4v) is 2.25. The molecule has 1 saturated heterocycles. The Morgan fingerprint density at radius 1 is 1.29 bits per heavy atom. The minimum absolute atomic E-state index is 0.0307. The Morgan fingerprint density at radius 2 is 1.86 bits per heavy atom. The van der Waals surface area contributed by atoms with Gasteiger partial charge in [-0.1, -0.05) is 0 Å². The molecule has 0 spiro atoms. The van der Waals surface area contributed by atoms with Crippen LogP contribution in [0, 0.1) is 0 Å². The molecule has 120 valence electrons. The summed E-state index contributed by atoms with van der Waals surface area (Å²) < 4.78 is 0. The number of hydrogen-bond donors (Lipinski definition) is 2. The number of imide groups is 1. The summed E-state index contributed by atoms with van der Waals surface area (Å²) in [7, 11) is 0. The van der Waals surface area contributed by atoms with Crippen LogP contribution in [0.1, 0.15) is 41.0 Å². The Bertz CT molecular complexity index is 440. The normalized spacial score (nSPS) is 18.3. The monoisotopic (exact) mass is 299 g/mol. The summed E-state index contributed by atoms with van der Waals surface area (Å²) in [5.41, 5.74) is -1.10. The van der Waals surface area contributed by atoms with Crippen molar-refractivity contribution in [3.63, 3.8) is 0 Å². The highest BCUT2D eigenvalue weighted by molar-refractivity contribution is 6.06. The molecule has 1 aliphatic rings. The topological polar surface area (TPSA) is 90.0 Å². The number of urea groups is 1. The average molecular weight is 299 g/mol. The maximum Gasteiger partial charge on any atom is 0.325 e. The summed E-state index contributed by atoms with van der Waals surface area (Å²) in [5, 5.41) is 11.4. The molecule has 1 aliphatic heterocycles. The van der Waals surface area contributed by atoms with Gasteiger partial charge in [-0.15, -0.1) is 0 Å². The first-order valence-corrected chi connectivity index (χ1v) is 7.06.